The Labute approximate surface area is 110 Å². The van der Waals surface area contributed by atoms with Crippen LogP contribution in [-0.2, 0) is 6.18 Å². The molecular weight excluding hydrogens is 311 g/mol. The minimum absolute atomic E-state index is 0.481. The van der Waals surface area contributed by atoms with Crippen LogP contribution in [0.25, 0.3) is 0 Å². The second-order valence-corrected chi connectivity index (χ2v) is 4.58. The van der Waals surface area contributed by atoms with E-state index in [0.717, 1.165) is 12.1 Å². The lowest BCUT2D eigenvalue weighted by molar-refractivity contribution is -0.137. The second kappa shape index (κ2) is 4.78. The van der Waals surface area contributed by atoms with E-state index < -0.39 is 17.8 Å². The molecule has 0 aliphatic carbocycles. The number of furan rings is 1. The van der Waals surface area contributed by atoms with Crippen molar-refractivity contribution in [1.29, 1.82) is 0 Å². The van der Waals surface area contributed by atoms with Crippen LogP contribution in [0.1, 0.15) is 22.9 Å². The highest BCUT2D eigenvalue weighted by Crippen LogP contribution is 2.32. The predicted octanol–water partition coefficient (Wildman–Crippen LogP) is 4.11. The minimum Gasteiger partial charge on any atom is -0.466 e. The molecule has 96 valence electrons. The first kappa shape index (κ1) is 13.2. The molecule has 0 bridgehead atoms. The lowest BCUT2D eigenvalue weighted by atomic mass is 10.0. The molecule has 2 nitrogen and oxygen atoms in total. The Bertz CT molecular complexity index is 533. The third-order valence-electron chi connectivity index (χ3n) is 2.52. The number of hydrogen-bond acceptors (Lipinski definition) is 2. The zero-order valence-corrected chi connectivity index (χ0v) is 10.6. The summed E-state index contributed by atoms with van der Waals surface area (Å²) in [5.41, 5.74) is 5.77. The van der Waals surface area contributed by atoms with Crippen molar-refractivity contribution in [3.8, 4) is 0 Å². The normalized spacial score (nSPS) is 13.6. The van der Waals surface area contributed by atoms with Crippen molar-refractivity contribution in [2.24, 2.45) is 5.73 Å². The van der Waals surface area contributed by atoms with Crippen LogP contribution < -0.4 is 5.73 Å². The van der Waals surface area contributed by atoms with Crippen LogP contribution in [0, 0.1) is 0 Å². The average molecular weight is 320 g/mol. The predicted molar refractivity (Wildman–Crippen MR) is 63.9 cm³/mol. The van der Waals surface area contributed by atoms with Crippen LogP contribution in [-0.4, -0.2) is 0 Å². The number of alkyl halides is 3. The Morgan fingerprint density at radius 1 is 1.11 bits per heavy atom. The van der Waals surface area contributed by atoms with E-state index >= 15 is 0 Å². The third-order valence-corrected chi connectivity index (χ3v) is 3.18. The van der Waals surface area contributed by atoms with E-state index in [1.165, 1.54) is 18.4 Å². The van der Waals surface area contributed by atoms with E-state index in [2.05, 4.69) is 15.9 Å². The van der Waals surface area contributed by atoms with Crippen molar-refractivity contribution in [3.63, 3.8) is 0 Å². The summed E-state index contributed by atoms with van der Waals surface area (Å²) in [6.07, 6.45) is -2.88. The molecule has 0 fully saturated rings. The molecular formula is C12H9BrF3NO. The summed E-state index contributed by atoms with van der Waals surface area (Å²) in [6.45, 7) is 0. The van der Waals surface area contributed by atoms with Crippen LogP contribution in [0.3, 0.4) is 0 Å². The number of benzene rings is 1. The van der Waals surface area contributed by atoms with Gasteiger partial charge in [-0.2, -0.15) is 13.2 Å². The van der Waals surface area contributed by atoms with Gasteiger partial charge < -0.3 is 10.2 Å². The molecule has 1 atom stereocenters. The molecule has 1 unspecified atom stereocenters. The van der Waals surface area contributed by atoms with Gasteiger partial charge in [0.15, 0.2) is 0 Å². The van der Waals surface area contributed by atoms with Crippen LogP contribution in [0.2, 0.25) is 0 Å². The van der Waals surface area contributed by atoms with Gasteiger partial charge >= 0.3 is 6.18 Å². The van der Waals surface area contributed by atoms with Gasteiger partial charge in [0, 0.05) is 0 Å². The summed E-state index contributed by atoms with van der Waals surface area (Å²) in [7, 11) is 0. The Hall–Kier alpha value is -1.27. The van der Waals surface area contributed by atoms with Crippen LogP contribution in [0.15, 0.2) is 45.5 Å². The summed E-state index contributed by atoms with van der Waals surface area (Å²) in [6, 6.07) is 5.79. The van der Waals surface area contributed by atoms with E-state index in [1.54, 1.807) is 6.07 Å². The van der Waals surface area contributed by atoms with Crippen molar-refractivity contribution < 1.29 is 17.6 Å². The smallest absolute Gasteiger partial charge is 0.416 e. The number of halogens is 4. The highest BCUT2D eigenvalue weighted by Gasteiger charge is 2.30. The van der Waals surface area contributed by atoms with Gasteiger partial charge in [-0.25, -0.2) is 0 Å². The van der Waals surface area contributed by atoms with Crippen LogP contribution in [0.4, 0.5) is 13.2 Å². The van der Waals surface area contributed by atoms with Crippen molar-refractivity contribution in [2.45, 2.75) is 12.2 Å². The molecule has 1 aromatic carbocycles. The van der Waals surface area contributed by atoms with Gasteiger partial charge in [0.2, 0.25) is 0 Å². The Morgan fingerprint density at radius 2 is 1.72 bits per heavy atom. The molecule has 0 aliphatic heterocycles. The molecule has 1 aromatic heterocycles. The summed E-state index contributed by atoms with van der Waals surface area (Å²) < 4.78 is 43.1. The maximum absolute atomic E-state index is 12.4. The third kappa shape index (κ3) is 2.59. The summed E-state index contributed by atoms with van der Waals surface area (Å²) in [5.74, 6) is 0.481. The van der Waals surface area contributed by atoms with Gasteiger partial charge in [-0.05, 0) is 39.7 Å². The maximum Gasteiger partial charge on any atom is 0.416 e. The SMILES string of the molecule is NC(c1ccc(C(F)(F)F)cc1)c1occc1Br. The molecule has 0 aliphatic rings. The number of rotatable bonds is 2. The molecule has 0 spiro atoms. The lowest BCUT2D eigenvalue weighted by Crippen LogP contribution is -2.12. The highest BCUT2D eigenvalue weighted by atomic mass is 79.9. The second-order valence-electron chi connectivity index (χ2n) is 3.73. The molecule has 0 saturated heterocycles. The van der Waals surface area contributed by atoms with Crippen molar-refractivity contribution in [2.75, 3.05) is 0 Å². The fraction of sp³-hybridized carbons (Fsp3) is 0.167. The monoisotopic (exact) mass is 319 g/mol. The maximum atomic E-state index is 12.4. The molecule has 2 rings (SSSR count). The van der Waals surface area contributed by atoms with Crippen LogP contribution >= 0.6 is 15.9 Å². The first-order valence-corrected chi connectivity index (χ1v) is 5.84. The van der Waals surface area contributed by atoms with E-state index in [-0.39, 0.29) is 0 Å². The van der Waals surface area contributed by atoms with E-state index in [0.29, 0.717) is 15.8 Å². The molecule has 0 radical (unpaired) electrons. The minimum atomic E-state index is -4.34. The molecule has 6 heteroatoms. The van der Waals surface area contributed by atoms with Gasteiger partial charge in [0.05, 0.1) is 22.3 Å². The zero-order valence-electron chi connectivity index (χ0n) is 9.04. The number of hydrogen-bond donors (Lipinski definition) is 1. The van der Waals surface area contributed by atoms with Crippen molar-refractivity contribution >= 4 is 15.9 Å². The molecule has 18 heavy (non-hydrogen) atoms. The molecule has 0 saturated carbocycles. The van der Waals surface area contributed by atoms with Gasteiger partial charge in [-0.15, -0.1) is 0 Å². The van der Waals surface area contributed by atoms with Gasteiger partial charge in [0.1, 0.15) is 5.76 Å². The largest absolute Gasteiger partial charge is 0.466 e. The fourth-order valence-electron chi connectivity index (χ4n) is 1.56. The summed E-state index contributed by atoms with van der Waals surface area (Å²) in [4.78, 5) is 0. The Balaban J connectivity index is 2.28. The van der Waals surface area contributed by atoms with Gasteiger partial charge in [0.25, 0.3) is 0 Å². The van der Waals surface area contributed by atoms with E-state index in [9.17, 15) is 13.2 Å². The number of nitrogens with two attached hydrogens (primary N) is 1. The standard InChI is InChI=1S/C12H9BrF3NO/c13-9-5-6-18-11(9)10(17)7-1-3-8(4-2-7)12(14,15)16/h1-6,10H,17H2. The fourth-order valence-corrected chi connectivity index (χ4v) is 2.01. The first-order chi connectivity index (χ1) is 8.39. The van der Waals surface area contributed by atoms with E-state index in [1.807, 2.05) is 0 Å². The quantitative estimate of drug-likeness (QED) is 0.904. The van der Waals surface area contributed by atoms with E-state index in [4.69, 9.17) is 10.2 Å². The first-order valence-electron chi connectivity index (χ1n) is 5.05. The molecule has 2 N–H and O–H groups in total. The molecule has 1 heterocycles. The topological polar surface area (TPSA) is 39.2 Å². The van der Waals surface area contributed by atoms with Crippen molar-refractivity contribution in [1.82, 2.24) is 0 Å². The Morgan fingerprint density at radius 3 is 2.17 bits per heavy atom. The summed E-state index contributed by atoms with van der Waals surface area (Å²) in [5, 5.41) is 0. The molecule has 2 aromatic rings. The average Bonchev–Trinajstić information content (AvgIpc) is 2.73. The Kier molecular flexibility index (Phi) is 3.49. The zero-order chi connectivity index (χ0) is 13.3. The van der Waals surface area contributed by atoms with Crippen LogP contribution in [0.5, 0.6) is 0 Å². The lowest BCUT2D eigenvalue weighted by Gasteiger charge is -2.12. The van der Waals surface area contributed by atoms with Gasteiger partial charge in [-0.1, -0.05) is 12.1 Å². The molecule has 0 amide bonds. The summed E-state index contributed by atoms with van der Waals surface area (Å²) >= 11 is 3.26. The van der Waals surface area contributed by atoms with Gasteiger partial charge in [-0.3, -0.25) is 0 Å². The highest BCUT2D eigenvalue weighted by molar-refractivity contribution is 9.10. The van der Waals surface area contributed by atoms with Crippen molar-refractivity contribution in [3.05, 3.63) is 58.0 Å².